The van der Waals surface area contributed by atoms with Crippen molar-refractivity contribution in [2.45, 2.75) is 32.8 Å². The van der Waals surface area contributed by atoms with E-state index in [4.69, 9.17) is 0 Å². The summed E-state index contributed by atoms with van der Waals surface area (Å²) < 4.78 is 81.5. The zero-order chi connectivity index (χ0) is 33.3. The minimum atomic E-state index is -4.16. The van der Waals surface area contributed by atoms with Crippen LogP contribution in [0.1, 0.15) is 23.2 Å². The summed E-state index contributed by atoms with van der Waals surface area (Å²) >= 11 is 0. The fourth-order valence-electron chi connectivity index (χ4n) is 5.66. The summed E-state index contributed by atoms with van der Waals surface area (Å²) in [5.74, 6) is -2.54. The Kier molecular flexibility index (Phi) is 8.76. The van der Waals surface area contributed by atoms with E-state index in [0.717, 1.165) is 12.1 Å². The molecule has 0 atom stereocenters. The summed E-state index contributed by atoms with van der Waals surface area (Å²) in [5.41, 5.74) is -0.187. The van der Waals surface area contributed by atoms with Crippen molar-refractivity contribution in [1.29, 1.82) is 0 Å². The highest BCUT2D eigenvalue weighted by molar-refractivity contribution is 7.92. The Morgan fingerprint density at radius 1 is 0.830 bits per heavy atom. The molecule has 0 spiro atoms. The van der Waals surface area contributed by atoms with E-state index in [0.29, 0.717) is 25.0 Å². The SMILES string of the molecule is O=C(Nc1ccccc1S(=O)(=O)c1ccc(S(=O)(=O)C2CCN(C(=O)c3ccc(F)cc3F)CC2)cc1)C1CN(c2cccnn2)C1. The molecule has 1 N–H and O–H groups in total. The maximum atomic E-state index is 14.1. The van der Waals surface area contributed by atoms with E-state index in [9.17, 15) is 35.2 Å². The van der Waals surface area contributed by atoms with Gasteiger partial charge in [-0.25, -0.2) is 25.6 Å². The molecule has 0 saturated carbocycles. The Balaban J connectivity index is 1.11. The molecule has 2 aliphatic heterocycles. The van der Waals surface area contributed by atoms with Crippen molar-refractivity contribution in [3.63, 3.8) is 0 Å². The average Bonchev–Trinajstić information content (AvgIpc) is 3.04. The fourth-order valence-corrected chi connectivity index (χ4v) is 8.81. The van der Waals surface area contributed by atoms with Crippen LogP contribution in [-0.2, 0) is 24.5 Å². The molecule has 0 bridgehead atoms. The first-order valence-corrected chi connectivity index (χ1v) is 17.7. The summed E-state index contributed by atoms with van der Waals surface area (Å²) in [6.07, 6.45) is 1.72. The highest BCUT2D eigenvalue weighted by Crippen LogP contribution is 2.32. The molecule has 2 saturated heterocycles. The van der Waals surface area contributed by atoms with Gasteiger partial charge in [0.1, 0.15) is 11.6 Å². The van der Waals surface area contributed by atoms with E-state index < -0.39 is 42.5 Å². The number of amides is 2. The van der Waals surface area contributed by atoms with Crippen LogP contribution in [0.25, 0.3) is 0 Å². The number of piperidine rings is 1. The minimum absolute atomic E-state index is 0.0494. The maximum absolute atomic E-state index is 14.1. The number of nitrogens with zero attached hydrogens (tertiary/aromatic N) is 4. The smallest absolute Gasteiger partial charge is 0.256 e. The number of carbonyl (C=O) groups excluding carboxylic acids is 2. The second-order valence-corrected chi connectivity index (χ2v) is 15.5. The van der Waals surface area contributed by atoms with Gasteiger partial charge >= 0.3 is 0 Å². The third-order valence-corrected chi connectivity index (χ3v) is 12.5. The van der Waals surface area contributed by atoms with Gasteiger partial charge < -0.3 is 15.1 Å². The molecule has 47 heavy (non-hydrogen) atoms. The molecule has 2 aliphatic rings. The molecular formula is C32H29F2N5O6S2. The van der Waals surface area contributed by atoms with Gasteiger partial charge in [-0.05, 0) is 73.5 Å². The first-order chi connectivity index (χ1) is 22.4. The Morgan fingerprint density at radius 3 is 2.17 bits per heavy atom. The Labute approximate surface area is 270 Å². The standard InChI is InChI=1S/C32H29F2N5O6S2/c33-22-7-12-26(27(34)18-22)32(41)38-16-13-25(14-17-38)46(42,43)23-8-10-24(11-9-23)47(44,45)29-5-2-1-4-28(29)36-31(40)21-19-39(20-21)30-6-3-15-35-37-30/h1-12,15,18,21,25H,13-14,16-17,19-20H2,(H,36,40). The number of hydrogen-bond donors (Lipinski definition) is 1. The molecule has 2 amide bonds. The number of aromatic nitrogens is 2. The monoisotopic (exact) mass is 681 g/mol. The predicted octanol–water partition coefficient (Wildman–Crippen LogP) is 3.74. The van der Waals surface area contributed by atoms with Crippen LogP contribution in [0, 0.1) is 17.6 Å². The largest absolute Gasteiger partial charge is 0.353 e. The number of halogens is 2. The molecule has 0 radical (unpaired) electrons. The lowest BCUT2D eigenvalue weighted by Gasteiger charge is -2.38. The number of carbonyl (C=O) groups is 2. The molecule has 1 aromatic heterocycles. The molecule has 4 aromatic rings. The number of nitrogens with one attached hydrogen (secondary N) is 1. The quantitative estimate of drug-likeness (QED) is 0.294. The van der Waals surface area contributed by atoms with Gasteiger partial charge in [0.05, 0.1) is 37.1 Å². The summed E-state index contributed by atoms with van der Waals surface area (Å²) in [4.78, 5) is 28.5. The van der Waals surface area contributed by atoms with Crippen LogP contribution in [0.2, 0.25) is 0 Å². The Bertz CT molecular complexity index is 2030. The van der Waals surface area contributed by atoms with Gasteiger partial charge in [0.15, 0.2) is 15.7 Å². The lowest BCUT2D eigenvalue weighted by atomic mass is 9.99. The second kappa shape index (κ2) is 12.8. The number of anilines is 2. The lowest BCUT2D eigenvalue weighted by Crippen LogP contribution is -2.52. The second-order valence-electron chi connectivity index (χ2n) is 11.3. The van der Waals surface area contributed by atoms with Gasteiger partial charge in [0, 0.05) is 38.4 Å². The van der Waals surface area contributed by atoms with Crippen LogP contribution >= 0.6 is 0 Å². The van der Waals surface area contributed by atoms with E-state index in [-0.39, 0.29) is 63.7 Å². The normalized spacial score (nSPS) is 16.0. The van der Waals surface area contributed by atoms with Crippen LogP contribution in [-0.4, -0.2) is 75.2 Å². The highest BCUT2D eigenvalue weighted by Gasteiger charge is 2.36. The van der Waals surface area contributed by atoms with Gasteiger partial charge in [-0.1, -0.05) is 12.1 Å². The van der Waals surface area contributed by atoms with Gasteiger partial charge in [0.2, 0.25) is 15.7 Å². The van der Waals surface area contributed by atoms with E-state index in [2.05, 4.69) is 15.5 Å². The first kappa shape index (κ1) is 32.2. The fraction of sp³-hybridized carbons (Fsp3) is 0.250. The number of para-hydroxylation sites is 1. The molecule has 244 valence electrons. The molecule has 3 heterocycles. The third kappa shape index (κ3) is 6.45. The van der Waals surface area contributed by atoms with Gasteiger partial charge in [-0.2, -0.15) is 5.10 Å². The average molecular weight is 682 g/mol. The molecule has 3 aromatic carbocycles. The van der Waals surface area contributed by atoms with Crippen LogP contribution in [0.5, 0.6) is 0 Å². The molecule has 0 aliphatic carbocycles. The molecule has 15 heteroatoms. The van der Waals surface area contributed by atoms with E-state index in [1.807, 2.05) is 4.90 Å². The van der Waals surface area contributed by atoms with E-state index >= 15 is 0 Å². The van der Waals surface area contributed by atoms with E-state index in [1.54, 1.807) is 24.4 Å². The topological polar surface area (TPSA) is 147 Å². The Hall–Kier alpha value is -4.76. The van der Waals surface area contributed by atoms with Gasteiger partial charge in [0.25, 0.3) is 5.91 Å². The van der Waals surface area contributed by atoms with Crippen LogP contribution in [0.3, 0.4) is 0 Å². The Morgan fingerprint density at radius 2 is 1.51 bits per heavy atom. The van der Waals surface area contributed by atoms with Crippen LogP contribution < -0.4 is 10.2 Å². The van der Waals surface area contributed by atoms with Crippen molar-refractivity contribution in [2.24, 2.45) is 5.92 Å². The van der Waals surface area contributed by atoms with Crippen molar-refractivity contribution < 1.29 is 35.2 Å². The van der Waals surface area contributed by atoms with Crippen molar-refractivity contribution in [3.05, 3.63) is 102 Å². The van der Waals surface area contributed by atoms with Crippen molar-refractivity contribution >= 4 is 43.0 Å². The van der Waals surface area contributed by atoms with E-state index in [1.165, 1.54) is 47.4 Å². The zero-order valence-corrected chi connectivity index (χ0v) is 26.4. The van der Waals surface area contributed by atoms with Crippen LogP contribution in [0.15, 0.2) is 99.7 Å². The molecule has 6 rings (SSSR count). The maximum Gasteiger partial charge on any atom is 0.256 e. The summed E-state index contributed by atoms with van der Waals surface area (Å²) in [5, 5.41) is 9.73. The predicted molar refractivity (Wildman–Crippen MR) is 167 cm³/mol. The van der Waals surface area contributed by atoms with Crippen molar-refractivity contribution in [2.75, 3.05) is 36.4 Å². The summed E-state index contributed by atoms with van der Waals surface area (Å²) in [6.45, 7) is 0.899. The van der Waals surface area contributed by atoms with Gasteiger partial charge in [-0.3, -0.25) is 9.59 Å². The number of benzene rings is 3. The number of sulfone groups is 2. The van der Waals surface area contributed by atoms with Crippen molar-refractivity contribution in [1.82, 2.24) is 15.1 Å². The molecular weight excluding hydrogens is 653 g/mol. The third-order valence-electron chi connectivity index (χ3n) is 8.36. The highest BCUT2D eigenvalue weighted by atomic mass is 32.2. The van der Waals surface area contributed by atoms with Crippen molar-refractivity contribution in [3.8, 4) is 0 Å². The lowest BCUT2D eigenvalue weighted by molar-refractivity contribution is -0.120. The summed E-state index contributed by atoms with van der Waals surface area (Å²) in [6, 6.07) is 17.1. The number of hydrogen-bond acceptors (Lipinski definition) is 9. The first-order valence-electron chi connectivity index (χ1n) is 14.7. The van der Waals surface area contributed by atoms with Crippen LogP contribution in [0.4, 0.5) is 20.3 Å². The van der Waals surface area contributed by atoms with Gasteiger partial charge in [-0.15, -0.1) is 5.10 Å². The molecule has 0 unspecified atom stereocenters. The number of rotatable bonds is 8. The minimum Gasteiger partial charge on any atom is -0.353 e. The summed E-state index contributed by atoms with van der Waals surface area (Å²) in [7, 11) is -8.05. The number of likely N-dealkylation sites (tertiary alicyclic amines) is 1. The molecule has 11 nitrogen and oxygen atoms in total. The zero-order valence-electron chi connectivity index (χ0n) is 24.8. The molecule has 2 fully saturated rings.